The average molecular weight is 258 g/mol. The minimum Gasteiger partial charge on any atom is -0.317 e. The summed E-state index contributed by atoms with van der Waals surface area (Å²) in [6.07, 6.45) is 4.31. The smallest absolute Gasteiger partial charge is 0.317 e. The molecule has 3 heteroatoms. The number of para-hydroxylation sites is 1. The number of anilines is 1. The molecule has 0 aliphatic rings. The van der Waals surface area contributed by atoms with Gasteiger partial charge in [0.2, 0.25) is 0 Å². The zero-order valence-electron chi connectivity index (χ0n) is 11.8. The van der Waals surface area contributed by atoms with Crippen LogP contribution in [0.25, 0.3) is 0 Å². The summed E-state index contributed by atoms with van der Waals surface area (Å²) < 4.78 is 0. The van der Waals surface area contributed by atoms with Gasteiger partial charge in [-0.2, -0.15) is 0 Å². The van der Waals surface area contributed by atoms with Crippen LogP contribution < -0.4 is 5.32 Å². The quantitative estimate of drug-likeness (QED) is 0.774. The fraction of sp³-hybridized carbons (Fsp3) is 0.312. The molecule has 0 aromatic heterocycles. The van der Waals surface area contributed by atoms with E-state index in [9.17, 15) is 4.79 Å². The lowest BCUT2D eigenvalue weighted by atomic mass is 10.1. The summed E-state index contributed by atoms with van der Waals surface area (Å²) in [7, 11) is 0. The Morgan fingerprint density at radius 2 is 1.95 bits per heavy atom. The molecule has 1 N–H and O–H groups in total. The zero-order valence-corrected chi connectivity index (χ0v) is 11.8. The highest BCUT2D eigenvalue weighted by Crippen LogP contribution is 2.21. The molecule has 0 heterocycles. The van der Waals surface area contributed by atoms with Crippen molar-refractivity contribution in [1.29, 1.82) is 0 Å². The minimum absolute atomic E-state index is 0.121. The van der Waals surface area contributed by atoms with E-state index in [1.807, 2.05) is 25.1 Å². The second kappa shape index (κ2) is 7.41. The van der Waals surface area contributed by atoms with E-state index in [0.717, 1.165) is 23.2 Å². The summed E-state index contributed by atoms with van der Waals surface area (Å²) in [6.45, 7) is 12.4. The van der Waals surface area contributed by atoms with Gasteiger partial charge in [0, 0.05) is 18.8 Å². The number of carbonyl (C=O) groups excluding carboxylic acids is 1. The molecule has 1 aromatic rings. The van der Waals surface area contributed by atoms with Crippen molar-refractivity contribution < 1.29 is 4.79 Å². The number of nitrogens with one attached hydrogen (secondary N) is 1. The summed E-state index contributed by atoms with van der Waals surface area (Å²) in [6, 6.07) is 5.92. The van der Waals surface area contributed by atoms with Crippen molar-refractivity contribution in [3.8, 4) is 0 Å². The number of amides is 2. The second-order valence-electron chi connectivity index (χ2n) is 4.38. The first kappa shape index (κ1) is 15.0. The Bertz CT molecular complexity index is 456. The Kier molecular flexibility index (Phi) is 5.86. The van der Waals surface area contributed by atoms with Crippen molar-refractivity contribution in [2.75, 3.05) is 18.4 Å². The maximum absolute atomic E-state index is 12.2. The number of urea groups is 1. The Balaban J connectivity index is 2.91. The van der Waals surface area contributed by atoms with Gasteiger partial charge in [-0.1, -0.05) is 37.3 Å². The Labute approximate surface area is 115 Å². The van der Waals surface area contributed by atoms with Crippen LogP contribution in [-0.2, 0) is 6.42 Å². The van der Waals surface area contributed by atoms with Gasteiger partial charge < -0.3 is 10.2 Å². The molecule has 0 fully saturated rings. The van der Waals surface area contributed by atoms with Crippen LogP contribution in [0, 0.1) is 6.92 Å². The lowest BCUT2D eigenvalue weighted by molar-refractivity contribution is 0.222. The molecule has 0 saturated carbocycles. The average Bonchev–Trinajstić information content (AvgIpc) is 2.40. The van der Waals surface area contributed by atoms with Crippen molar-refractivity contribution in [3.05, 3.63) is 54.6 Å². The van der Waals surface area contributed by atoms with Gasteiger partial charge >= 0.3 is 6.03 Å². The maximum Gasteiger partial charge on any atom is 0.322 e. The number of aryl methyl sites for hydroxylation is 2. The van der Waals surface area contributed by atoms with Gasteiger partial charge in [-0.05, 0) is 24.5 Å². The molecule has 0 radical (unpaired) electrons. The largest absolute Gasteiger partial charge is 0.322 e. The third kappa shape index (κ3) is 3.98. The van der Waals surface area contributed by atoms with Gasteiger partial charge in [0.05, 0.1) is 0 Å². The van der Waals surface area contributed by atoms with E-state index in [2.05, 4.69) is 25.4 Å². The van der Waals surface area contributed by atoms with Crippen LogP contribution in [0.3, 0.4) is 0 Å². The molecule has 3 nitrogen and oxygen atoms in total. The van der Waals surface area contributed by atoms with Crippen LogP contribution in [-0.4, -0.2) is 24.0 Å². The molecule has 19 heavy (non-hydrogen) atoms. The minimum atomic E-state index is -0.121. The number of hydrogen-bond donors (Lipinski definition) is 1. The Morgan fingerprint density at radius 1 is 1.32 bits per heavy atom. The third-order valence-electron chi connectivity index (χ3n) is 2.96. The zero-order chi connectivity index (χ0) is 14.3. The van der Waals surface area contributed by atoms with Gasteiger partial charge in [-0.3, -0.25) is 0 Å². The van der Waals surface area contributed by atoms with Crippen LogP contribution >= 0.6 is 0 Å². The van der Waals surface area contributed by atoms with Crippen molar-refractivity contribution in [2.45, 2.75) is 20.3 Å². The normalized spacial score (nSPS) is 9.79. The van der Waals surface area contributed by atoms with Crippen LogP contribution in [0.15, 0.2) is 43.5 Å². The SMILES string of the molecule is C=CCN(CC=C)C(=O)Nc1c(C)cccc1CC. The molecular formula is C16H22N2O. The first-order valence-corrected chi connectivity index (χ1v) is 6.50. The highest BCUT2D eigenvalue weighted by atomic mass is 16.2. The lowest BCUT2D eigenvalue weighted by Gasteiger charge is -2.21. The summed E-state index contributed by atoms with van der Waals surface area (Å²) >= 11 is 0. The molecule has 1 aromatic carbocycles. The number of hydrogen-bond acceptors (Lipinski definition) is 1. The molecule has 0 spiro atoms. The first-order chi connectivity index (χ1) is 9.13. The number of benzene rings is 1. The van der Waals surface area contributed by atoms with E-state index in [-0.39, 0.29) is 6.03 Å². The van der Waals surface area contributed by atoms with Gasteiger partial charge in [-0.25, -0.2) is 4.79 Å². The van der Waals surface area contributed by atoms with Crippen LogP contribution in [0.1, 0.15) is 18.1 Å². The van der Waals surface area contributed by atoms with Gasteiger partial charge in [0.1, 0.15) is 0 Å². The number of nitrogens with zero attached hydrogens (tertiary/aromatic N) is 1. The van der Waals surface area contributed by atoms with Gasteiger partial charge in [0.25, 0.3) is 0 Å². The van der Waals surface area contributed by atoms with Crippen molar-refractivity contribution >= 4 is 11.7 Å². The summed E-state index contributed by atoms with van der Waals surface area (Å²) in [5.41, 5.74) is 3.13. The van der Waals surface area contributed by atoms with Crippen molar-refractivity contribution in [2.24, 2.45) is 0 Å². The van der Waals surface area contributed by atoms with Crippen LogP contribution in [0.5, 0.6) is 0 Å². The standard InChI is InChI=1S/C16H22N2O/c1-5-11-18(12-6-2)16(19)17-15-13(4)9-8-10-14(15)7-3/h5-6,8-10H,1-2,7,11-12H2,3-4H3,(H,17,19). The molecule has 0 unspecified atom stereocenters. The number of carbonyl (C=O) groups is 1. The molecule has 0 atom stereocenters. The van der Waals surface area contributed by atoms with E-state index in [1.165, 1.54) is 0 Å². The molecule has 0 saturated heterocycles. The van der Waals surface area contributed by atoms with Crippen molar-refractivity contribution in [3.63, 3.8) is 0 Å². The van der Waals surface area contributed by atoms with Gasteiger partial charge in [-0.15, -0.1) is 13.2 Å². The fourth-order valence-corrected chi connectivity index (χ4v) is 1.94. The molecule has 0 bridgehead atoms. The topological polar surface area (TPSA) is 32.3 Å². The third-order valence-corrected chi connectivity index (χ3v) is 2.96. The second-order valence-corrected chi connectivity index (χ2v) is 4.38. The van der Waals surface area contributed by atoms with E-state index >= 15 is 0 Å². The number of rotatable bonds is 6. The lowest BCUT2D eigenvalue weighted by Crippen LogP contribution is -2.35. The summed E-state index contributed by atoms with van der Waals surface area (Å²) in [5.74, 6) is 0. The molecule has 102 valence electrons. The van der Waals surface area contributed by atoms with Crippen LogP contribution in [0.2, 0.25) is 0 Å². The molecule has 2 amide bonds. The summed E-state index contributed by atoms with van der Waals surface area (Å²) in [4.78, 5) is 13.9. The maximum atomic E-state index is 12.2. The molecule has 0 aliphatic heterocycles. The van der Waals surface area contributed by atoms with E-state index in [4.69, 9.17) is 0 Å². The van der Waals surface area contributed by atoms with E-state index < -0.39 is 0 Å². The molecular weight excluding hydrogens is 236 g/mol. The molecule has 0 aliphatic carbocycles. The molecule has 1 rings (SSSR count). The van der Waals surface area contributed by atoms with E-state index in [0.29, 0.717) is 13.1 Å². The van der Waals surface area contributed by atoms with Gasteiger partial charge in [0.15, 0.2) is 0 Å². The Morgan fingerprint density at radius 3 is 2.47 bits per heavy atom. The van der Waals surface area contributed by atoms with E-state index in [1.54, 1.807) is 17.1 Å². The summed E-state index contributed by atoms with van der Waals surface area (Å²) in [5, 5.41) is 2.99. The predicted octanol–water partition coefficient (Wildman–Crippen LogP) is 3.76. The highest BCUT2D eigenvalue weighted by molar-refractivity contribution is 5.91. The van der Waals surface area contributed by atoms with Crippen molar-refractivity contribution in [1.82, 2.24) is 4.90 Å². The first-order valence-electron chi connectivity index (χ1n) is 6.50. The monoisotopic (exact) mass is 258 g/mol. The fourth-order valence-electron chi connectivity index (χ4n) is 1.94. The highest BCUT2D eigenvalue weighted by Gasteiger charge is 2.13. The predicted molar refractivity (Wildman–Crippen MR) is 81.5 cm³/mol. The Hall–Kier alpha value is -2.03. The van der Waals surface area contributed by atoms with Crippen LogP contribution in [0.4, 0.5) is 10.5 Å².